The van der Waals surface area contributed by atoms with E-state index in [1.54, 1.807) is 12.1 Å². The summed E-state index contributed by atoms with van der Waals surface area (Å²) in [4.78, 5) is 0. The van der Waals surface area contributed by atoms with Gasteiger partial charge in [0.2, 0.25) is 0 Å². The molecule has 118 valence electrons. The molecule has 1 aromatic rings. The van der Waals surface area contributed by atoms with Gasteiger partial charge in [-0.1, -0.05) is 51.7 Å². The van der Waals surface area contributed by atoms with Gasteiger partial charge in [0.1, 0.15) is 5.82 Å². The van der Waals surface area contributed by atoms with Crippen LogP contribution in [-0.2, 0) is 0 Å². The quantitative estimate of drug-likeness (QED) is 0.655. The van der Waals surface area contributed by atoms with Crippen LogP contribution in [0.4, 0.5) is 4.39 Å². The van der Waals surface area contributed by atoms with Crippen molar-refractivity contribution in [2.45, 2.75) is 71.3 Å². The zero-order valence-electron chi connectivity index (χ0n) is 13.6. The monoisotopic (exact) mass is 291 g/mol. The first-order chi connectivity index (χ1) is 10.2. The summed E-state index contributed by atoms with van der Waals surface area (Å²) in [5.41, 5.74) is 1.74. The maximum atomic E-state index is 13.1. The van der Waals surface area contributed by atoms with Gasteiger partial charge >= 0.3 is 0 Å². The number of hydrogen-bond donors (Lipinski definition) is 1. The number of rotatable bonds is 8. The summed E-state index contributed by atoms with van der Waals surface area (Å²) in [6.45, 7) is 5.66. The van der Waals surface area contributed by atoms with Crippen molar-refractivity contribution in [2.75, 3.05) is 6.54 Å². The fraction of sp³-hybridized carbons (Fsp3) is 0.684. The molecule has 0 amide bonds. The van der Waals surface area contributed by atoms with Crippen LogP contribution in [0.1, 0.15) is 76.8 Å². The maximum Gasteiger partial charge on any atom is 0.123 e. The van der Waals surface area contributed by atoms with Crippen LogP contribution in [-0.4, -0.2) is 6.54 Å². The maximum absolute atomic E-state index is 13.1. The molecule has 0 heterocycles. The molecular formula is C19H30FN. The predicted octanol–water partition coefficient (Wildman–Crippen LogP) is 5.62. The highest BCUT2D eigenvalue weighted by Gasteiger charge is 2.32. The highest BCUT2D eigenvalue weighted by atomic mass is 19.1. The van der Waals surface area contributed by atoms with Gasteiger partial charge in [0.15, 0.2) is 0 Å². The first-order valence-corrected chi connectivity index (χ1v) is 8.68. The van der Waals surface area contributed by atoms with E-state index in [0.29, 0.717) is 11.5 Å². The molecule has 1 aliphatic carbocycles. The van der Waals surface area contributed by atoms with E-state index in [1.165, 1.54) is 50.5 Å². The Morgan fingerprint density at radius 3 is 2.38 bits per heavy atom. The van der Waals surface area contributed by atoms with Gasteiger partial charge in [0.05, 0.1) is 0 Å². The molecule has 1 N–H and O–H groups in total. The molecule has 0 aromatic heterocycles. The van der Waals surface area contributed by atoms with Gasteiger partial charge in [-0.2, -0.15) is 0 Å². The lowest BCUT2D eigenvalue weighted by Gasteiger charge is -2.31. The SMILES string of the molecule is CCCCC(NCC1(CC)CCCC1)c1ccc(F)cc1. The molecule has 0 radical (unpaired) electrons. The van der Waals surface area contributed by atoms with Crippen LogP contribution in [0.5, 0.6) is 0 Å². The van der Waals surface area contributed by atoms with E-state index >= 15 is 0 Å². The molecule has 1 unspecified atom stereocenters. The summed E-state index contributed by atoms with van der Waals surface area (Å²) in [5.74, 6) is -0.145. The third-order valence-corrected chi connectivity index (χ3v) is 5.26. The third kappa shape index (κ3) is 4.54. The summed E-state index contributed by atoms with van der Waals surface area (Å²) in [7, 11) is 0. The number of benzene rings is 1. The van der Waals surface area contributed by atoms with E-state index < -0.39 is 0 Å². The second kappa shape index (κ2) is 7.93. The molecule has 0 bridgehead atoms. The molecule has 0 aliphatic heterocycles. The number of hydrogen-bond acceptors (Lipinski definition) is 1. The van der Waals surface area contributed by atoms with Crippen molar-refractivity contribution >= 4 is 0 Å². The van der Waals surface area contributed by atoms with Crippen molar-refractivity contribution in [3.63, 3.8) is 0 Å². The van der Waals surface area contributed by atoms with Crippen LogP contribution >= 0.6 is 0 Å². The van der Waals surface area contributed by atoms with Crippen LogP contribution in [0.2, 0.25) is 0 Å². The highest BCUT2D eigenvalue weighted by Crippen LogP contribution is 2.40. The van der Waals surface area contributed by atoms with Crippen molar-refractivity contribution in [2.24, 2.45) is 5.41 Å². The predicted molar refractivity (Wildman–Crippen MR) is 87.9 cm³/mol. The molecular weight excluding hydrogens is 261 g/mol. The second-order valence-corrected chi connectivity index (χ2v) is 6.69. The average Bonchev–Trinajstić information content (AvgIpc) is 2.98. The van der Waals surface area contributed by atoms with Gasteiger partial charge in [-0.25, -0.2) is 4.39 Å². The zero-order chi connectivity index (χ0) is 15.1. The minimum absolute atomic E-state index is 0.145. The highest BCUT2D eigenvalue weighted by molar-refractivity contribution is 5.20. The van der Waals surface area contributed by atoms with Crippen LogP contribution in [0.15, 0.2) is 24.3 Å². The Hall–Kier alpha value is -0.890. The van der Waals surface area contributed by atoms with E-state index in [2.05, 4.69) is 19.2 Å². The lowest BCUT2D eigenvalue weighted by Crippen LogP contribution is -2.34. The molecule has 1 nitrogen and oxygen atoms in total. The van der Waals surface area contributed by atoms with Gasteiger partial charge in [0, 0.05) is 12.6 Å². The smallest absolute Gasteiger partial charge is 0.123 e. The molecule has 1 atom stereocenters. The minimum atomic E-state index is -0.145. The number of unbranched alkanes of at least 4 members (excludes halogenated alkanes) is 1. The van der Waals surface area contributed by atoms with Gasteiger partial charge < -0.3 is 5.32 Å². The number of halogens is 1. The molecule has 1 aliphatic rings. The number of nitrogens with one attached hydrogen (secondary N) is 1. The topological polar surface area (TPSA) is 12.0 Å². The molecule has 0 saturated heterocycles. The standard InChI is InChI=1S/C19H30FN/c1-3-5-8-18(16-9-11-17(20)12-10-16)21-15-19(4-2)13-6-7-14-19/h9-12,18,21H,3-8,13-15H2,1-2H3. The van der Waals surface area contributed by atoms with E-state index in [9.17, 15) is 4.39 Å². The molecule has 2 rings (SSSR count). The van der Waals surface area contributed by atoms with E-state index in [4.69, 9.17) is 0 Å². The molecule has 1 aromatic carbocycles. The molecule has 1 saturated carbocycles. The Morgan fingerprint density at radius 1 is 1.14 bits per heavy atom. The Morgan fingerprint density at radius 2 is 1.81 bits per heavy atom. The van der Waals surface area contributed by atoms with Gasteiger partial charge in [-0.05, 0) is 48.8 Å². The van der Waals surface area contributed by atoms with Crippen LogP contribution < -0.4 is 5.32 Å². The molecule has 2 heteroatoms. The van der Waals surface area contributed by atoms with E-state index in [1.807, 2.05) is 12.1 Å². The van der Waals surface area contributed by atoms with Crippen molar-refractivity contribution in [3.8, 4) is 0 Å². The van der Waals surface area contributed by atoms with E-state index in [-0.39, 0.29) is 5.82 Å². The first kappa shape index (κ1) is 16.5. The Kier molecular flexibility index (Phi) is 6.22. The summed E-state index contributed by atoms with van der Waals surface area (Å²) < 4.78 is 13.1. The van der Waals surface area contributed by atoms with Crippen molar-refractivity contribution < 1.29 is 4.39 Å². The normalized spacial score (nSPS) is 18.8. The van der Waals surface area contributed by atoms with E-state index in [0.717, 1.165) is 13.0 Å². The molecule has 1 fully saturated rings. The van der Waals surface area contributed by atoms with Gasteiger partial charge in [0.25, 0.3) is 0 Å². The first-order valence-electron chi connectivity index (χ1n) is 8.68. The van der Waals surface area contributed by atoms with Crippen molar-refractivity contribution in [3.05, 3.63) is 35.6 Å². The van der Waals surface area contributed by atoms with Crippen molar-refractivity contribution in [1.82, 2.24) is 5.32 Å². The lowest BCUT2D eigenvalue weighted by atomic mass is 9.83. The van der Waals surface area contributed by atoms with Gasteiger partial charge in [-0.3, -0.25) is 0 Å². The zero-order valence-corrected chi connectivity index (χ0v) is 13.6. The summed E-state index contributed by atoms with van der Waals surface area (Å²) in [6, 6.07) is 7.42. The fourth-order valence-electron chi connectivity index (χ4n) is 3.61. The minimum Gasteiger partial charge on any atom is -0.309 e. The second-order valence-electron chi connectivity index (χ2n) is 6.69. The third-order valence-electron chi connectivity index (χ3n) is 5.26. The van der Waals surface area contributed by atoms with Crippen LogP contribution in [0, 0.1) is 11.2 Å². The van der Waals surface area contributed by atoms with Crippen LogP contribution in [0.25, 0.3) is 0 Å². The largest absolute Gasteiger partial charge is 0.309 e. The van der Waals surface area contributed by atoms with Gasteiger partial charge in [-0.15, -0.1) is 0 Å². The Bertz CT molecular complexity index is 406. The van der Waals surface area contributed by atoms with Crippen LogP contribution in [0.3, 0.4) is 0 Å². The molecule has 21 heavy (non-hydrogen) atoms. The molecule has 0 spiro atoms. The Balaban J connectivity index is 2.00. The average molecular weight is 291 g/mol. The van der Waals surface area contributed by atoms with Crippen molar-refractivity contribution in [1.29, 1.82) is 0 Å². The summed E-state index contributed by atoms with van der Waals surface area (Å²) in [5, 5.41) is 3.80. The Labute approximate surface area is 129 Å². The lowest BCUT2D eigenvalue weighted by molar-refractivity contribution is 0.252. The summed E-state index contributed by atoms with van der Waals surface area (Å²) in [6.07, 6.45) is 10.3. The summed E-state index contributed by atoms with van der Waals surface area (Å²) >= 11 is 0. The fourth-order valence-corrected chi connectivity index (χ4v) is 3.61.